The first-order chi connectivity index (χ1) is 7.81. The summed E-state index contributed by atoms with van der Waals surface area (Å²) in [6.07, 6.45) is 4.46. The molecule has 0 bridgehead atoms. The number of allylic oxidation sites excluding steroid dienone is 2. The highest BCUT2D eigenvalue weighted by Gasteiger charge is 2.11. The van der Waals surface area contributed by atoms with Crippen LogP contribution in [-0.2, 0) is 0 Å². The number of para-hydroxylation sites is 2. The molecule has 0 unspecified atom stereocenters. The molecule has 3 heteroatoms. The second-order valence-corrected chi connectivity index (χ2v) is 3.72. The number of benzene rings is 1. The van der Waals surface area contributed by atoms with Crippen LogP contribution < -0.4 is 0 Å². The molecule has 0 aliphatic heterocycles. The monoisotopic (exact) mass is 212 g/mol. The predicted molar refractivity (Wildman–Crippen MR) is 62.7 cm³/mol. The Hall–Kier alpha value is -2.08. The Kier molecular flexibility index (Phi) is 3.02. The highest BCUT2D eigenvalue weighted by molar-refractivity contribution is 5.84. The summed E-state index contributed by atoms with van der Waals surface area (Å²) < 4.78 is 0. The lowest BCUT2D eigenvalue weighted by Gasteiger charge is -1.97. The summed E-state index contributed by atoms with van der Waals surface area (Å²) in [5.41, 5.74) is 2.35. The van der Waals surface area contributed by atoms with E-state index in [1.165, 1.54) is 0 Å². The Labute approximate surface area is 94.4 Å². The topological polar surface area (TPSA) is 56.4 Å². The van der Waals surface area contributed by atoms with E-state index in [2.05, 4.69) is 11.1 Å². The van der Waals surface area contributed by atoms with Gasteiger partial charge in [0.2, 0.25) is 0 Å². The SMILES string of the molecule is N#CC1=C(C=Nc2ccccc2O)CCC1. The second kappa shape index (κ2) is 4.63. The predicted octanol–water partition coefficient (Wildman–Crippen LogP) is 3.10. The van der Waals surface area contributed by atoms with Gasteiger partial charge in [-0.1, -0.05) is 12.1 Å². The lowest BCUT2D eigenvalue weighted by atomic mass is 10.2. The zero-order valence-corrected chi connectivity index (χ0v) is 8.85. The van der Waals surface area contributed by atoms with Crippen molar-refractivity contribution in [2.24, 2.45) is 4.99 Å². The largest absolute Gasteiger partial charge is 0.506 e. The molecule has 3 nitrogen and oxygen atoms in total. The van der Waals surface area contributed by atoms with Crippen molar-refractivity contribution in [3.05, 3.63) is 35.4 Å². The minimum absolute atomic E-state index is 0.163. The van der Waals surface area contributed by atoms with Gasteiger partial charge < -0.3 is 5.11 Å². The van der Waals surface area contributed by atoms with Gasteiger partial charge in [0.1, 0.15) is 11.4 Å². The number of aromatic hydroxyl groups is 1. The normalized spacial score (nSPS) is 15.7. The molecule has 1 N–H and O–H groups in total. The summed E-state index contributed by atoms with van der Waals surface area (Å²) >= 11 is 0. The van der Waals surface area contributed by atoms with Crippen LogP contribution in [0.2, 0.25) is 0 Å². The molecule has 0 radical (unpaired) electrons. The van der Waals surface area contributed by atoms with Crippen LogP contribution >= 0.6 is 0 Å². The maximum atomic E-state index is 9.51. The van der Waals surface area contributed by atoms with Gasteiger partial charge in [-0.05, 0) is 37.0 Å². The molecular formula is C13H12N2O. The standard InChI is InChI=1S/C13H12N2O/c14-8-10-4-3-5-11(10)9-15-12-6-1-2-7-13(12)16/h1-2,6-7,9,16H,3-5H2. The van der Waals surface area contributed by atoms with Crippen molar-refractivity contribution in [1.82, 2.24) is 0 Å². The number of phenols is 1. The molecule has 1 aliphatic carbocycles. The Balaban J connectivity index is 2.23. The van der Waals surface area contributed by atoms with Gasteiger partial charge in [0.05, 0.1) is 6.07 Å². The maximum Gasteiger partial charge on any atom is 0.141 e. The number of nitriles is 1. The van der Waals surface area contributed by atoms with Gasteiger partial charge in [0, 0.05) is 11.8 Å². The third-order valence-electron chi connectivity index (χ3n) is 2.64. The average molecular weight is 212 g/mol. The lowest BCUT2D eigenvalue weighted by Crippen LogP contribution is -1.82. The van der Waals surface area contributed by atoms with Gasteiger partial charge >= 0.3 is 0 Å². The summed E-state index contributed by atoms with van der Waals surface area (Å²) in [6.45, 7) is 0. The van der Waals surface area contributed by atoms with Gasteiger partial charge in [-0.2, -0.15) is 5.26 Å². The molecule has 0 aromatic heterocycles. The van der Waals surface area contributed by atoms with Crippen molar-refractivity contribution >= 4 is 11.9 Å². The molecule has 0 heterocycles. The van der Waals surface area contributed by atoms with Gasteiger partial charge in [0.15, 0.2) is 0 Å². The fourth-order valence-corrected chi connectivity index (χ4v) is 1.76. The number of phenolic OH excluding ortho intramolecular Hbond substituents is 1. The highest BCUT2D eigenvalue weighted by Crippen LogP contribution is 2.27. The van der Waals surface area contributed by atoms with Crippen LogP contribution in [0.5, 0.6) is 5.75 Å². The van der Waals surface area contributed by atoms with Crippen LogP contribution in [0, 0.1) is 11.3 Å². The Morgan fingerprint density at radius 3 is 2.88 bits per heavy atom. The van der Waals surface area contributed by atoms with E-state index in [1.807, 2.05) is 6.07 Å². The van der Waals surface area contributed by atoms with E-state index in [1.54, 1.807) is 24.4 Å². The van der Waals surface area contributed by atoms with Crippen molar-refractivity contribution in [3.63, 3.8) is 0 Å². The smallest absolute Gasteiger partial charge is 0.141 e. The number of nitrogens with zero attached hydrogens (tertiary/aromatic N) is 2. The summed E-state index contributed by atoms with van der Waals surface area (Å²) in [5.74, 6) is 0.163. The molecule has 0 saturated heterocycles. The highest BCUT2D eigenvalue weighted by atomic mass is 16.3. The van der Waals surface area contributed by atoms with Crippen LogP contribution in [0.1, 0.15) is 19.3 Å². The molecule has 16 heavy (non-hydrogen) atoms. The van der Waals surface area contributed by atoms with Crippen molar-refractivity contribution < 1.29 is 5.11 Å². The molecule has 0 fully saturated rings. The fraction of sp³-hybridized carbons (Fsp3) is 0.231. The second-order valence-electron chi connectivity index (χ2n) is 3.72. The zero-order valence-electron chi connectivity index (χ0n) is 8.85. The lowest BCUT2D eigenvalue weighted by molar-refractivity contribution is 0.477. The average Bonchev–Trinajstić information content (AvgIpc) is 2.75. The van der Waals surface area contributed by atoms with E-state index >= 15 is 0 Å². The zero-order chi connectivity index (χ0) is 11.4. The van der Waals surface area contributed by atoms with Crippen LogP contribution in [-0.4, -0.2) is 11.3 Å². The number of hydrogen-bond acceptors (Lipinski definition) is 3. The first-order valence-corrected chi connectivity index (χ1v) is 5.25. The fourth-order valence-electron chi connectivity index (χ4n) is 1.76. The quantitative estimate of drug-likeness (QED) is 0.766. The summed E-state index contributed by atoms with van der Waals surface area (Å²) in [4.78, 5) is 4.20. The van der Waals surface area contributed by atoms with E-state index < -0.39 is 0 Å². The molecule has 80 valence electrons. The van der Waals surface area contributed by atoms with E-state index in [9.17, 15) is 5.11 Å². The first-order valence-electron chi connectivity index (χ1n) is 5.25. The van der Waals surface area contributed by atoms with E-state index in [-0.39, 0.29) is 5.75 Å². The maximum absolute atomic E-state index is 9.51. The number of rotatable bonds is 2. The molecule has 1 aliphatic rings. The molecule has 0 amide bonds. The molecule has 2 rings (SSSR count). The molecule has 1 aromatic carbocycles. The van der Waals surface area contributed by atoms with Gasteiger partial charge in [-0.3, -0.25) is 4.99 Å². The summed E-state index contributed by atoms with van der Waals surface area (Å²) in [6, 6.07) is 9.11. The minimum Gasteiger partial charge on any atom is -0.506 e. The van der Waals surface area contributed by atoms with Crippen molar-refractivity contribution in [3.8, 4) is 11.8 Å². The summed E-state index contributed by atoms with van der Waals surface area (Å²) in [5, 5.41) is 18.4. The van der Waals surface area contributed by atoms with Crippen molar-refractivity contribution in [2.75, 3.05) is 0 Å². The van der Waals surface area contributed by atoms with E-state index in [4.69, 9.17) is 5.26 Å². The Morgan fingerprint density at radius 2 is 2.12 bits per heavy atom. The van der Waals surface area contributed by atoms with E-state index in [0.717, 1.165) is 30.4 Å². The number of aliphatic imine (C=N–C) groups is 1. The van der Waals surface area contributed by atoms with Crippen LogP contribution in [0.15, 0.2) is 40.4 Å². The van der Waals surface area contributed by atoms with Gasteiger partial charge in [-0.25, -0.2) is 0 Å². The Bertz CT molecular complexity index is 495. The number of hydrogen-bond donors (Lipinski definition) is 1. The van der Waals surface area contributed by atoms with Crippen molar-refractivity contribution in [2.45, 2.75) is 19.3 Å². The van der Waals surface area contributed by atoms with Gasteiger partial charge in [0.25, 0.3) is 0 Å². The molecule has 1 aromatic rings. The van der Waals surface area contributed by atoms with Crippen molar-refractivity contribution in [1.29, 1.82) is 5.26 Å². The third kappa shape index (κ3) is 2.12. The van der Waals surface area contributed by atoms with E-state index in [0.29, 0.717) is 5.69 Å². The summed E-state index contributed by atoms with van der Waals surface area (Å²) in [7, 11) is 0. The van der Waals surface area contributed by atoms with Crippen LogP contribution in [0.3, 0.4) is 0 Å². The molecule has 0 saturated carbocycles. The third-order valence-corrected chi connectivity index (χ3v) is 2.64. The molecule has 0 spiro atoms. The molecule has 0 atom stereocenters. The minimum atomic E-state index is 0.163. The van der Waals surface area contributed by atoms with Gasteiger partial charge in [-0.15, -0.1) is 0 Å². The van der Waals surface area contributed by atoms with Crippen LogP contribution in [0.25, 0.3) is 0 Å². The molecular weight excluding hydrogens is 200 g/mol. The van der Waals surface area contributed by atoms with Crippen LogP contribution in [0.4, 0.5) is 5.69 Å². The Morgan fingerprint density at radius 1 is 1.31 bits per heavy atom. The first kappa shape index (κ1) is 10.4.